The van der Waals surface area contributed by atoms with Crippen LogP contribution in [0.4, 0.5) is 0 Å². The summed E-state index contributed by atoms with van der Waals surface area (Å²) in [5, 5.41) is 0.937. The van der Waals surface area contributed by atoms with Gasteiger partial charge in [-0.3, -0.25) is 9.63 Å². The number of amides is 1. The van der Waals surface area contributed by atoms with Crippen molar-refractivity contribution in [1.29, 1.82) is 0 Å². The smallest absolute Gasteiger partial charge is 0.336 e. The van der Waals surface area contributed by atoms with Crippen molar-refractivity contribution in [3.8, 4) is 0 Å². The minimum atomic E-state index is -1.87. The van der Waals surface area contributed by atoms with E-state index in [0.717, 1.165) is 16.2 Å². The Hall–Kier alpha value is -2.70. The molecule has 1 unspecified atom stereocenters. The van der Waals surface area contributed by atoms with E-state index in [2.05, 4.69) is 0 Å². The molecule has 0 aliphatic heterocycles. The number of rotatable bonds is 7. The molecule has 6 nitrogen and oxygen atoms in total. The summed E-state index contributed by atoms with van der Waals surface area (Å²) in [4.78, 5) is 30.2. The van der Waals surface area contributed by atoms with E-state index in [1.54, 1.807) is 12.1 Å². The van der Waals surface area contributed by atoms with E-state index < -0.39 is 17.4 Å². The number of hydroxylamine groups is 2. The third-order valence-electron chi connectivity index (χ3n) is 3.84. The first kappa shape index (κ1) is 18.6. The van der Waals surface area contributed by atoms with Crippen molar-refractivity contribution < 1.29 is 19.2 Å². The van der Waals surface area contributed by atoms with Crippen LogP contribution in [0.5, 0.6) is 0 Å². The molecular weight excluding hydrogens is 320 g/mol. The van der Waals surface area contributed by atoms with Crippen molar-refractivity contribution in [2.45, 2.75) is 18.6 Å². The SMILES string of the molecule is CON(C)C(=O)C(N)(Cc1ccccc1)C(=O)OCc1ccccc1. The van der Waals surface area contributed by atoms with E-state index in [9.17, 15) is 9.59 Å². The van der Waals surface area contributed by atoms with Gasteiger partial charge in [0.25, 0.3) is 5.91 Å². The first-order chi connectivity index (χ1) is 12.0. The van der Waals surface area contributed by atoms with E-state index in [0.29, 0.717) is 0 Å². The fraction of sp³-hybridized carbons (Fsp3) is 0.263. The van der Waals surface area contributed by atoms with Gasteiger partial charge in [0, 0.05) is 13.5 Å². The second kappa shape index (κ2) is 8.41. The number of hydrogen-bond donors (Lipinski definition) is 1. The third-order valence-corrected chi connectivity index (χ3v) is 3.84. The van der Waals surface area contributed by atoms with Crippen LogP contribution in [0.3, 0.4) is 0 Å². The van der Waals surface area contributed by atoms with E-state index in [-0.39, 0.29) is 13.0 Å². The molecule has 0 aliphatic carbocycles. The van der Waals surface area contributed by atoms with Crippen LogP contribution in [0.2, 0.25) is 0 Å². The molecule has 0 saturated carbocycles. The average Bonchev–Trinajstić information content (AvgIpc) is 2.66. The summed E-state index contributed by atoms with van der Waals surface area (Å²) in [6.45, 7) is 0.0391. The van der Waals surface area contributed by atoms with Crippen LogP contribution in [-0.2, 0) is 32.2 Å². The molecule has 2 N–H and O–H groups in total. The third kappa shape index (κ3) is 4.65. The molecule has 132 valence electrons. The predicted octanol–water partition coefficient (Wildman–Crippen LogP) is 1.69. The zero-order chi connectivity index (χ0) is 18.3. The fourth-order valence-corrected chi connectivity index (χ4v) is 2.37. The molecule has 0 aromatic heterocycles. The number of carbonyl (C=O) groups excluding carboxylic acids is 2. The molecule has 2 aromatic rings. The van der Waals surface area contributed by atoms with Gasteiger partial charge in [-0.15, -0.1) is 0 Å². The van der Waals surface area contributed by atoms with Gasteiger partial charge >= 0.3 is 5.97 Å². The topological polar surface area (TPSA) is 81.9 Å². The van der Waals surface area contributed by atoms with E-state index in [4.69, 9.17) is 15.3 Å². The summed E-state index contributed by atoms with van der Waals surface area (Å²) >= 11 is 0. The highest BCUT2D eigenvalue weighted by Gasteiger charge is 2.46. The highest BCUT2D eigenvalue weighted by Crippen LogP contribution is 2.17. The first-order valence-corrected chi connectivity index (χ1v) is 7.83. The molecule has 1 atom stereocenters. The van der Waals surface area contributed by atoms with Crippen LogP contribution < -0.4 is 5.73 Å². The number of carbonyl (C=O) groups is 2. The number of nitrogens with two attached hydrogens (primary N) is 1. The Labute approximate surface area is 147 Å². The fourth-order valence-electron chi connectivity index (χ4n) is 2.37. The number of nitrogens with zero attached hydrogens (tertiary/aromatic N) is 1. The summed E-state index contributed by atoms with van der Waals surface area (Å²) in [5.74, 6) is -1.47. The summed E-state index contributed by atoms with van der Waals surface area (Å²) in [5.41, 5.74) is 5.90. The summed E-state index contributed by atoms with van der Waals surface area (Å²) in [6, 6.07) is 18.3. The van der Waals surface area contributed by atoms with Crippen molar-refractivity contribution in [2.24, 2.45) is 5.73 Å². The Kier molecular flexibility index (Phi) is 6.27. The van der Waals surface area contributed by atoms with Gasteiger partial charge in [0.05, 0.1) is 7.11 Å². The predicted molar refractivity (Wildman–Crippen MR) is 93.1 cm³/mol. The average molecular weight is 342 g/mol. The number of benzene rings is 2. The number of ether oxygens (including phenoxy) is 1. The second-order valence-corrected chi connectivity index (χ2v) is 5.68. The first-order valence-electron chi connectivity index (χ1n) is 7.83. The number of esters is 1. The molecule has 0 aliphatic rings. The Morgan fingerprint density at radius 3 is 2.04 bits per heavy atom. The molecular formula is C19H22N2O4. The lowest BCUT2D eigenvalue weighted by Gasteiger charge is -2.29. The lowest BCUT2D eigenvalue weighted by atomic mass is 9.90. The maximum absolute atomic E-state index is 12.7. The van der Waals surface area contributed by atoms with Crippen LogP contribution in [-0.4, -0.2) is 36.6 Å². The van der Waals surface area contributed by atoms with Crippen LogP contribution in [0.15, 0.2) is 60.7 Å². The zero-order valence-corrected chi connectivity index (χ0v) is 14.3. The summed E-state index contributed by atoms with van der Waals surface area (Å²) in [7, 11) is 2.73. The zero-order valence-electron chi connectivity index (χ0n) is 14.3. The molecule has 1 amide bonds. The Balaban J connectivity index is 2.20. The van der Waals surface area contributed by atoms with Gasteiger partial charge in [0.15, 0.2) is 5.54 Å². The lowest BCUT2D eigenvalue weighted by Crippen LogP contribution is -2.61. The Morgan fingerprint density at radius 2 is 1.52 bits per heavy atom. The van der Waals surface area contributed by atoms with E-state index in [1.807, 2.05) is 48.5 Å². The summed E-state index contributed by atoms with van der Waals surface area (Å²) < 4.78 is 5.31. The van der Waals surface area contributed by atoms with Gasteiger partial charge < -0.3 is 10.5 Å². The maximum atomic E-state index is 12.7. The normalized spacial score (nSPS) is 12.9. The van der Waals surface area contributed by atoms with Crippen LogP contribution in [0.25, 0.3) is 0 Å². The van der Waals surface area contributed by atoms with Crippen LogP contribution in [0.1, 0.15) is 11.1 Å². The molecule has 6 heteroatoms. The molecule has 0 fully saturated rings. The maximum Gasteiger partial charge on any atom is 0.336 e. The number of hydrogen-bond acceptors (Lipinski definition) is 5. The van der Waals surface area contributed by atoms with Crippen molar-refractivity contribution in [1.82, 2.24) is 5.06 Å². The van der Waals surface area contributed by atoms with Crippen molar-refractivity contribution in [2.75, 3.05) is 14.2 Å². The van der Waals surface area contributed by atoms with E-state index in [1.165, 1.54) is 14.2 Å². The molecule has 2 rings (SSSR count). The van der Waals surface area contributed by atoms with Crippen molar-refractivity contribution in [3.05, 3.63) is 71.8 Å². The Morgan fingerprint density at radius 1 is 1.00 bits per heavy atom. The lowest BCUT2D eigenvalue weighted by molar-refractivity contribution is -0.181. The minimum Gasteiger partial charge on any atom is -0.459 e. The van der Waals surface area contributed by atoms with Gasteiger partial charge in [-0.1, -0.05) is 60.7 Å². The molecule has 0 spiro atoms. The molecule has 0 saturated heterocycles. The van der Waals surface area contributed by atoms with Crippen LogP contribution >= 0.6 is 0 Å². The van der Waals surface area contributed by atoms with Gasteiger partial charge in [-0.05, 0) is 11.1 Å². The second-order valence-electron chi connectivity index (χ2n) is 5.68. The minimum absolute atomic E-state index is 0.00793. The largest absolute Gasteiger partial charge is 0.459 e. The van der Waals surface area contributed by atoms with Crippen LogP contribution in [0, 0.1) is 0 Å². The van der Waals surface area contributed by atoms with Gasteiger partial charge in [-0.2, -0.15) is 0 Å². The molecule has 0 radical (unpaired) electrons. The molecule has 0 bridgehead atoms. The Bertz CT molecular complexity index is 706. The molecule has 25 heavy (non-hydrogen) atoms. The summed E-state index contributed by atoms with van der Waals surface area (Å²) in [6.07, 6.45) is 0.00793. The van der Waals surface area contributed by atoms with Gasteiger partial charge in [0.1, 0.15) is 6.61 Å². The molecule has 0 heterocycles. The van der Waals surface area contributed by atoms with E-state index >= 15 is 0 Å². The van der Waals surface area contributed by atoms with Crippen molar-refractivity contribution >= 4 is 11.9 Å². The quantitative estimate of drug-likeness (QED) is 0.470. The standard InChI is InChI=1S/C19H22N2O4/c1-21(24-2)17(22)19(20,13-15-9-5-3-6-10-15)18(23)25-14-16-11-7-4-8-12-16/h3-12H,13-14,20H2,1-2H3. The molecule has 2 aromatic carbocycles. The highest BCUT2D eigenvalue weighted by molar-refractivity contribution is 6.07. The van der Waals surface area contributed by atoms with Crippen molar-refractivity contribution in [3.63, 3.8) is 0 Å². The monoisotopic (exact) mass is 342 g/mol. The van der Waals surface area contributed by atoms with Gasteiger partial charge in [-0.25, -0.2) is 9.86 Å². The number of likely N-dealkylation sites (N-methyl/N-ethyl adjacent to an activating group) is 1. The highest BCUT2D eigenvalue weighted by atomic mass is 16.7. The van der Waals surface area contributed by atoms with Gasteiger partial charge in [0.2, 0.25) is 0 Å².